The molecule has 0 saturated carbocycles. The highest BCUT2D eigenvalue weighted by Gasteiger charge is 2.17. The van der Waals surface area contributed by atoms with Crippen LogP contribution in [0.4, 0.5) is 0 Å². The van der Waals surface area contributed by atoms with Gasteiger partial charge in [-0.05, 0) is 36.2 Å². The fourth-order valence-electron chi connectivity index (χ4n) is 3.34. The minimum atomic E-state index is -3.31. The zero-order valence-electron chi connectivity index (χ0n) is 16.6. The Kier molecular flexibility index (Phi) is 5.14. The van der Waals surface area contributed by atoms with E-state index in [-0.39, 0.29) is 4.90 Å². The Bertz CT molecular complexity index is 1350. The molecule has 0 N–H and O–H groups in total. The van der Waals surface area contributed by atoms with Crippen LogP contribution in [0.3, 0.4) is 0 Å². The van der Waals surface area contributed by atoms with Crippen LogP contribution in [-0.2, 0) is 9.84 Å². The largest absolute Gasteiger partial charge is 0.422 e. The molecule has 0 bridgehead atoms. The summed E-state index contributed by atoms with van der Waals surface area (Å²) in [6.07, 6.45) is 1.17. The molecule has 0 amide bonds. The molecular formula is C25H20O4S. The summed E-state index contributed by atoms with van der Waals surface area (Å²) in [4.78, 5) is 13.3. The van der Waals surface area contributed by atoms with Gasteiger partial charge in [-0.25, -0.2) is 13.2 Å². The molecule has 4 aromatic rings. The van der Waals surface area contributed by atoms with Crippen molar-refractivity contribution in [1.29, 1.82) is 0 Å². The molecule has 1 aromatic heterocycles. The molecule has 150 valence electrons. The summed E-state index contributed by atoms with van der Waals surface area (Å²) >= 11 is 0. The van der Waals surface area contributed by atoms with Crippen molar-refractivity contribution in [2.24, 2.45) is 0 Å². The fraction of sp³-hybridized carbons (Fsp3) is 0.0800. The lowest BCUT2D eigenvalue weighted by Gasteiger charge is -2.12. The summed E-state index contributed by atoms with van der Waals surface area (Å²) < 4.78 is 29.3. The number of benzene rings is 3. The van der Waals surface area contributed by atoms with E-state index < -0.39 is 15.5 Å². The van der Waals surface area contributed by atoms with Gasteiger partial charge in [-0.2, -0.15) is 0 Å². The van der Waals surface area contributed by atoms with Crippen molar-refractivity contribution in [3.8, 4) is 33.6 Å². The first-order valence-corrected chi connectivity index (χ1v) is 11.3. The van der Waals surface area contributed by atoms with Gasteiger partial charge >= 0.3 is 5.63 Å². The summed E-state index contributed by atoms with van der Waals surface area (Å²) in [5.41, 5.74) is 4.07. The monoisotopic (exact) mass is 416 g/mol. The molecule has 0 fully saturated rings. The van der Waals surface area contributed by atoms with Crippen LogP contribution in [0.2, 0.25) is 0 Å². The fourth-order valence-corrected chi connectivity index (χ4v) is 3.97. The Morgan fingerprint density at radius 3 is 1.93 bits per heavy atom. The molecule has 0 radical (unpaired) electrons. The maximum Gasteiger partial charge on any atom is 0.344 e. The Hall–Kier alpha value is -3.44. The van der Waals surface area contributed by atoms with Gasteiger partial charge in [0.25, 0.3) is 0 Å². The van der Waals surface area contributed by atoms with Crippen LogP contribution in [0.25, 0.3) is 33.6 Å². The first kappa shape index (κ1) is 19.9. The van der Waals surface area contributed by atoms with Gasteiger partial charge in [-0.3, -0.25) is 0 Å². The van der Waals surface area contributed by atoms with Crippen LogP contribution < -0.4 is 5.63 Å². The molecule has 0 unspecified atom stereocenters. The standard InChI is InChI=1S/C25H20O4S/c1-17-8-10-19(11-9-17)23-16-22(18-12-14-21(15-13-18)30(2,27)28)24(25(26)29-23)20-6-4-3-5-7-20/h3-16H,1-2H3. The molecule has 0 saturated heterocycles. The normalized spacial score (nSPS) is 11.4. The molecule has 0 aliphatic heterocycles. The molecule has 0 spiro atoms. The van der Waals surface area contributed by atoms with E-state index in [1.165, 1.54) is 6.26 Å². The van der Waals surface area contributed by atoms with Crippen molar-refractivity contribution < 1.29 is 12.8 Å². The van der Waals surface area contributed by atoms with Crippen LogP contribution >= 0.6 is 0 Å². The summed E-state index contributed by atoms with van der Waals surface area (Å²) in [5, 5.41) is 0. The molecule has 5 heteroatoms. The third-order valence-corrected chi connectivity index (χ3v) is 6.07. The molecule has 0 aliphatic carbocycles. The van der Waals surface area contributed by atoms with Crippen LogP contribution in [-0.4, -0.2) is 14.7 Å². The van der Waals surface area contributed by atoms with E-state index in [0.29, 0.717) is 16.9 Å². The van der Waals surface area contributed by atoms with Crippen LogP contribution in [0, 0.1) is 6.92 Å². The Balaban J connectivity index is 1.96. The van der Waals surface area contributed by atoms with Gasteiger partial charge in [0.05, 0.1) is 10.5 Å². The molecule has 1 heterocycles. The third-order valence-electron chi connectivity index (χ3n) is 4.94. The topological polar surface area (TPSA) is 64.3 Å². The van der Waals surface area contributed by atoms with Gasteiger partial charge in [0.2, 0.25) is 0 Å². The van der Waals surface area contributed by atoms with Gasteiger partial charge < -0.3 is 4.42 Å². The Morgan fingerprint density at radius 1 is 0.733 bits per heavy atom. The lowest BCUT2D eigenvalue weighted by Crippen LogP contribution is -2.06. The predicted molar refractivity (Wildman–Crippen MR) is 119 cm³/mol. The van der Waals surface area contributed by atoms with E-state index in [2.05, 4.69) is 0 Å². The van der Waals surface area contributed by atoms with Gasteiger partial charge in [-0.15, -0.1) is 0 Å². The van der Waals surface area contributed by atoms with Gasteiger partial charge in [-0.1, -0.05) is 72.3 Å². The number of aryl methyl sites for hydroxylation is 1. The molecule has 30 heavy (non-hydrogen) atoms. The molecule has 4 nitrogen and oxygen atoms in total. The zero-order valence-corrected chi connectivity index (χ0v) is 17.4. The highest BCUT2D eigenvalue weighted by atomic mass is 32.2. The van der Waals surface area contributed by atoms with Crippen molar-refractivity contribution in [3.05, 3.63) is 101 Å². The van der Waals surface area contributed by atoms with Crippen molar-refractivity contribution in [2.45, 2.75) is 11.8 Å². The van der Waals surface area contributed by atoms with Crippen molar-refractivity contribution in [2.75, 3.05) is 6.26 Å². The van der Waals surface area contributed by atoms with Crippen molar-refractivity contribution in [3.63, 3.8) is 0 Å². The molecule has 4 rings (SSSR count). The highest BCUT2D eigenvalue weighted by Crippen LogP contribution is 2.33. The van der Waals surface area contributed by atoms with Gasteiger partial charge in [0.1, 0.15) is 5.76 Å². The summed E-state index contributed by atoms with van der Waals surface area (Å²) in [6.45, 7) is 1.99. The maximum atomic E-state index is 13.0. The Labute approximate surface area is 175 Å². The number of hydrogen-bond donors (Lipinski definition) is 0. The smallest absolute Gasteiger partial charge is 0.344 e. The molecular weight excluding hydrogens is 396 g/mol. The third kappa shape index (κ3) is 3.98. The van der Waals surface area contributed by atoms with E-state index in [4.69, 9.17) is 4.42 Å². The Morgan fingerprint density at radius 2 is 1.33 bits per heavy atom. The highest BCUT2D eigenvalue weighted by molar-refractivity contribution is 7.90. The maximum absolute atomic E-state index is 13.0. The zero-order chi connectivity index (χ0) is 21.3. The summed E-state index contributed by atoms with van der Waals surface area (Å²) in [7, 11) is -3.31. The van der Waals surface area contributed by atoms with E-state index in [1.807, 2.05) is 67.6 Å². The van der Waals surface area contributed by atoms with Crippen molar-refractivity contribution >= 4 is 9.84 Å². The van der Waals surface area contributed by atoms with Crippen LogP contribution in [0.15, 0.2) is 99.0 Å². The number of sulfone groups is 1. The quantitative estimate of drug-likeness (QED) is 0.450. The average molecular weight is 416 g/mol. The van der Waals surface area contributed by atoms with E-state index >= 15 is 0 Å². The summed E-state index contributed by atoms with van der Waals surface area (Å²) in [6, 6.07) is 25.4. The van der Waals surface area contributed by atoms with E-state index in [9.17, 15) is 13.2 Å². The van der Waals surface area contributed by atoms with E-state index in [1.54, 1.807) is 24.3 Å². The van der Waals surface area contributed by atoms with Gasteiger partial charge in [0.15, 0.2) is 9.84 Å². The molecule has 0 atom stereocenters. The second-order valence-electron chi connectivity index (χ2n) is 7.22. The second-order valence-corrected chi connectivity index (χ2v) is 9.23. The predicted octanol–water partition coefficient (Wildman–Crippen LogP) is 5.35. The molecule has 0 aliphatic rings. The SMILES string of the molecule is Cc1ccc(-c2cc(-c3ccc(S(C)(=O)=O)cc3)c(-c3ccccc3)c(=O)o2)cc1. The second kappa shape index (κ2) is 7.76. The number of rotatable bonds is 4. The van der Waals surface area contributed by atoms with E-state index in [0.717, 1.165) is 22.3 Å². The van der Waals surface area contributed by atoms with Crippen LogP contribution in [0.1, 0.15) is 5.56 Å². The lowest BCUT2D eigenvalue weighted by atomic mass is 9.95. The van der Waals surface area contributed by atoms with Crippen LogP contribution in [0.5, 0.6) is 0 Å². The average Bonchev–Trinajstić information content (AvgIpc) is 2.74. The first-order chi connectivity index (χ1) is 14.3. The van der Waals surface area contributed by atoms with Crippen molar-refractivity contribution in [1.82, 2.24) is 0 Å². The van der Waals surface area contributed by atoms with Gasteiger partial charge in [0, 0.05) is 17.4 Å². The first-order valence-electron chi connectivity index (χ1n) is 9.44. The lowest BCUT2D eigenvalue weighted by molar-refractivity contribution is 0.529. The summed E-state index contributed by atoms with van der Waals surface area (Å²) in [5.74, 6) is 0.460. The minimum Gasteiger partial charge on any atom is -0.422 e. The minimum absolute atomic E-state index is 0.231. The molecule has 3 aromatic carbocycles. The number of hydrogen-bond acceptors (Lipinski definition) is 4.